The molecule has 178 valence electrons. The van der Waals surface area contributed by atoms with Crippen LogP contribution in [0, 0.1) is 12.7 Å². The highest BCUT2D eigenvalue weighted by Gasteiger charge is 2.22. The van der Waals surface area contributed by atoms with E-state index in [2.05, 4.69) is 34.0 Å². The average Bonchev–Trinajstić information content (AvgIpc) is 2.81. The van der Waals surface area contributed by atoms with Gasteiger partial charge >= 0.3 is 0 Å². The minimum absolute atomic E-state index is 0.186. The van der Waals surface area contributed by atoms with Gasteiger partial charge in [0.15, 0.2) is 0 Å². The number of carbonyl (C=O) groups excluding carboxylic acids is 1. The predicted molar refractivity (Wildman–Crippen MR) is 137 cm³/mol. The van der Waals surface area contributed by atoms with Crippen molar-refractivity contribution in [3.8, 4) is 0 Å². The second-order valence-electron chi connectivity index (χ2n) is 8.36. The van der Waals surface area contributed by atoms with Crippen LogP contribution < -0.4 is 16.0 Å². The number of hydrogen-bond acceptors (Lipinski definition) is 4. The quantitative estimate of drug-likeness (QED) is 0.375. The maximum Gasteiger partial charge on any atom is 0.211 e. The largest absolute Gasteiger partial charge is 0.388 e. The van der Waals surface area contributed by atoms with Crippen LogP contribution in [-0.2, 0) is 4.79 Å². The van der Waals surface area contributed by atoms with E-state index in [0.717, 1.165) is 67.2 Å². The lowest BCUT2D eigenvalue weighted by atomic mass is 9.89. The van der Waals surface area contributed by atoms with Crippen LogP contribution in [0.4, 0.5) is 10.1 Å². The van der Waals surface area contributed by atoms with E-state index in [1.807, 2.05) is 51.2 Å². The summed E-state index contributed by atoms with van der Waals surface area (Å²) in [4.78, 5) is 13.0. The number of anilines is 1. The Morgan fingerprint density at radius 1 is 1.12 bits per heavy atom. The first-order valence-electron chi connectivity index (χ1n) is 11.4. The molecule has 0 bridgehead atoms. The fraction of sp³-hybridized carbons (Fsp3) is 0.370. The number of piperidine rings is 1. The summed E-state index contributed by atoms with van der Waals surface area (Å²) in [6, 6.07) is 12.9. The standard InChI is InChI=1S/C21H23FN2O.C6H14N2/c1-15-3-4-19(13-21(15)23-14-25)16(2)24-11-9-18(10-12-24)17-5-7-20(22)8-6-17;1-6(2)8-5-4-7-3/h3-8,13-14,18H,2,9-12H2,1H3,(H,23,25);7-8H,1,4-5H2,2-3H3. The molecular formula is C27H37FN4O. The fourth-order valence-corrected chi connectivity index (χ4v) is 3.82. The molecule has 0 aliphatic carbocycles. The Balaban J connectivity index is 0.000000414. The van der Waals surface area contributed by atoms with E-state index in [4.69, 9.17) is 0 Å². The van der Waals surface area contributed by atoms with Gasteiger partial charge in [0.25, 0.3) is 0 Å². The van der Waals surface area contributed by atoms with E-state index in [1.54, 1.807) is 0 Å². The third-order valence-electron chi connectivity index (χ3n) is 5.81. The Hall–Kier alpha value is -3.12. The van der Waals surface area contributed by atoms with Crippen LogP contribution in [0.3, 0.4) is 0 Å². The molecule has 1 heterocycles. The number of halogens is 1. The topological polar surface area (TPSA) is 56.4 Å². The first-order valence-corrected chi connectivity index (χ1v) is 11.4. The van der Waals surface area contributed by atoms with Crippen molar-refractivity contribution in [1.29, 1.82) is 0 Å². The lowest BCUT2D eigenvalue weighted by molar-refractivity contribution is -0.105. The molecule has 2 aromatic rings. The summed E-state index contributed by atoms with van der Waals surface area (Å²) >= 11 is 0. The average molecular weight is 453 g/mol. The Morgan fingerprint density at radius 3 is 2.36 bits per heavy atom. The van der Waals surface area contributed by atoms with Gasteiger partial charge in [0.2, 0.25) is 6.41 Å². The van der Waals surface area contributed by atoms with Crippen molar-refractivity contribution in [3.05, 3.63) is 83.8 Å². The normalized spacial score (nSPS) is 13.5. The van der Waals surface area contributed by atoms with Crippen LogP contribution in [-0.4, -0.2) is 44.5 Å². The third-order valence-corrected chi connectivity index (χ3v) is 5.81. The Labute approximate surface area is 197 Å². The second-order valence-corrected chi connectivity index (χ2v) is 8.36. The molecule has 3 N–H and O–H groups in total. The van der Waals surface area contributed by atoms with Gasteiger partial charge in [0.05, 0.1) is 0 Å². The molecule has 0 unspecified atom stereocenters. The zero-order chi connectivity index (χ0) is 24.2. The Morgan fingerprint density at radius 2 is 1.79 bits per heavy atom. The van der Waals surface area contributed by atoms with E-state index < -0.39 is 0 Å². The number of likely N-dealkylation sites (tertiary alicyclic amines) is 1. The molecule has 1 saturated heterocycles. The van der Waals surface area contributed by atoms with Crippen LogP contribution in [0.5, 0.6) is 0 Å². The molecule has 2 aromatic carbocycles. The minimum atomic E-state index is -0.186. The second kappa shape index (κ2) is 13.4. The van der Waals surface area contributed by atoms with Crippen molar-refractivity contribution in [2.24, 2.45) is 0 Å². The summed E-state index contributed by atoms with van der Waals surface area (Å²) in [5.74, 6) is 0.281. The molecule has 1 fully saturated rings. The molecule has 0 saturated carbocycles. The minimum Gasteiger partial charge on any atom is -0.388 e. The van der Waals surface area contributed by atoms with Crippen molar-refractivity contribution in [3.63, 3.8) is 0 Å². The summed E-state index contributed by atoms with van der Waals surface area (Å²) < 4.78 is 13.1. The van der Waals surface area contributed by atoms with Gasteiger partial charge in [-0.25, -0.2) is 4.39 Å². The molecule has 1 aliphatic rings. The van der Waals surface area contributed by atoms with Crippen LogP contribution in [0.1, 0.15) is 42.4 Å². The third kappa shape index (κ3) is 8.39. The molecular weight excluding hydrogens is 415 g/mol. The highest BCUT2D eigenvalue weighted by Crippen LogP contribution is 2.32. The maximum absolute atomic E-state index is 13.1. The molecule has 0 aromatic heterocycles. The van der Waals surface area contributed by atoms with Crippen molar-refractivity contribution < 1.29 is 9.18 Å². The number of likely N-dealkylation sites (N-methyl/N-ethyl adjacent to an activating group) is 1. The number of allylic oxidation sites excluding steroid dienone is 1. The van der Waals surface area contributed by atoms with E-state index in [-0.39, 0.29) is 5.82 Å². The van der Waals surface area contributed by atoms with Gasteiger partial charge in [-0.1, -0.05) is 37.4 Å². The molecule has 0 radical (unpaired) electrons. The fourth-order valence-electron chi connectivity index (χ4n) is 3.82. The molecule has 5 nitrogen and oxygen atoms in total. The van der Waals surface area contributed by atoms with E-state index in [9.17, 15) is 9.18 Å². The zero-order valence-electron chi connectivity index (χ0n) is 20.1. The summed E-state index contributed by atoms with van der Waals surface area (Å²) in [5, 5.41) is 8.85. The number of amides is 1. The number of carbonyl (C=O) groups is 1. The molecule has 6 heteroatoms. The first-order chi connectivity index (χ1) is 15.8. The lowest BCUT2D eigenvalue weighted by Crippen LogP contribution is -2.31. The SMILES string of the molecule is C=C(C)NCCNC.C=C(c1ccc(C)c(NC=O)c1)N1CCC(c2ccc(F)cc2)CC1. The maximum atomic E-state index is 13.1. The summed E-state index contributed by atoms with van der Waals surface area (Å²) in [6.45, 7) is 15.7. The lowest BCUT2D eigenvalue weighted by Gasteiger charge is -2.35. The van der Waals surface area contributed by atoms with E-state index in [0.29, 0.717) is 12.3 Å². The van der Waals surface area contributed by atoms with Crippen LogP contribution in [0.2, 0.25) is 0 Å². The van der Waals surface area contributed by atoms with Gasteiger partial charge in [0, 0.05) is 43.3 Å². The highest BCUT2D eigenvalue weighted by molar-refractivity contribution is 5.76. The molecule has 1 aliphatic heterocycles. The molecule has 0 atom stereocenters. The van der Waals surface area contributed by atoms with Gasteiger partial charge < -0.3 is 20.9 Å². The molecule has 1 amide bonds. The van der Waals surface area contributed by atoms with Gasteiger partial charge in [-0.05, 0) is 74.5 Å². The van der Waals surface area contributed by atoms with E-state index in [1.165, 1.54) is 17.7 Å². The van der Waals surface area contributed by atoms with Gasteiger partial charge in [-0.3, -0.25) is 4.79 Å². The van der Waals surface area contributed by atoms with Gasteiger partial charge in [0.1, 0.15) is 5.82 Å². The number of hydrogen-bond donors (Lipinski definition) is 3. The van der Waals surface area contributed by atoms with Crippen LogP contribution >= 0.6 is 0 Å². The summed E-state index contributed by atoms with van der Waals surface area (Å²) in [6.07, 6.45) is 2.75. The number of nitrogens with one attached hydrogen (secondary N) is 3. The Kier molecular flexibility index (Phi) is 10.6. The molecule has 0 spiro atoms. The summed E-state index contributed by atoms with van der Waals surface area (Å²) in [7, 11) is 1.93. The molecule has 33 heavy (non-hydrogen) atoms. The smallest absolute Gasteiger partial charge is 0.211 e. The first kappa shape index (κ1) is 26.1. The zero-order valence-corrected chi connectivity index (χ0v) is 20.1. The van der Waals surface area contributed by atoms with Crippen molar-refractivity contribution >= 4 is 17.8 Å². The monoisotopic (exact) mass is 452 g/mol. The summed E-state index contributed by atoms with van der Waals surface area (Å²) in [5.41, 5.74) is 6.08. The number of rotatable bonds is 9. The van der Waals surface area contributed by atoms with Crippen LogP contribution in [0.25, 0.3) is 5.70 Å². The van der Waals surface area contributed by atoms with E-state index >= 15 is 0 Å². The van der Waals surface area contributed by atoms with Gasteiger partial charge in [-0.2, -0.15) is 0 Å². The molecule has 3 rings (SSSR count). The van der Waals surface area contributed by atoms with Crippen LogP contribution in [0.15, 0.2) is 61.3 Å². The Bertz CT molecular complexity index is 918. The highest BCUT2D eigenvalue weighted by atomic mass is 19.1. The predicted octanol–water partition coefficient (Wildman–Crippen LogP) is 4.88. The van der Waals surface area contributed by atoms with Crippen molar-refractivity contribution in [2.75, 3.05) is 38.5 Å². The van der Waals surface area contributed by atoms with Crippen molar-refractivity contribution in [1.82, 2.24) is 15.5 Å². The van der Waals surface area contributed by atoms with Gasteiger partial charge in [-0.15, -0.1) is 0 Å². The van der Waals surface area contributed by atoms with Crippen molar-refractivity contribution in [2.45, 2.75) is 32.6 Å². The number of benzene rings is 2. The number of nitrogens with zero attached hydrogens (tertiary/aromatic N) is 1. The number of aryl methyl sites for hydroxylation is 1.